The standard InChI is InChI=1S/C13H22N2OS/c1-4-8-15(6-3)9-7-14-11-10(5-2)13(17)12(11)16/h14H,4-9H2,1-3H3. The Balaban J connectivity index is 2.43. The van der Waals surface area contributed by atoms with Crippen LogP contribution in [0.2, 0.25) is 0 Å². The van der Waals surface area contributed by atoms with Crippen LogP contribution in [0.5, 0.6) is 0 Å². The largest absolute Gasteiger partial charge is 0.380 e. The molecule has 1 rings (SSSR count). The van der Waals surface area contributed by atoms with Gasteiger partial charge in [-0.25, -0.2) is 0 Å². The number of likely N-dealkylation sites (N-methyl/N-ethyl adjacent to an activating group) is 1. The fraction of sp³-hybridized carbons (Fsp3) is 0.692. The summed E-state index contributed by atoms with van der Waals surface area (Å²) >= 11 is 5.01. The van der Waals surface area contributed by atoms with Crippen LogP contribution in [-0.4, -0.2) is 31.1 Å². The molecule has 1 aromatic carbocycles. The van der Waals surface area contributed by atoms with Crippen LogP contribution in [-0.2, 0) is 6.42 Å². The van der Waals surface area contributed by atoms with E-state index in [4.69, 9.17) is 12.2 Å². The lowest BCUT2D eigenvalue weighted by atomic mass is 10.1. The smallest absolute Gasteiger partial charge is 0.220 e. The Kier molecular flexibility index (Phi) is 5.78. The second kappa shape index (κ2) is 6.87. The van der Waals surface area contributed by atoms with E-state index in [9.17, 15) is 4.79 Å². The summed E-state index contributed by atoms with van der Waals surface area (Å²) in [5.41, 5.74) is 1.81. The first-order chi connectivity index (χ1) is 8.15. The summed E-state index contributed by atoms with van der Waals surface area (Å²) in [7, 11) is 0. The predicted molar refractivity (Wildman–Crippen MR) is 76.2 cm³/mol. The summed E-state index contributed by atoms with van der Waals surface area (Å²) in [4.78, 5) is 13.9. The molecule has 17 heavy (non-hydrogen) atoms. The highest BCUT2D eigenvalue weighted by atomic mass is 32.1. The van der Waals surface area contributed by atoms with Crippen molar-refractivity contribution < 1.29 is 0 Å². The molecular weight excluding hydrogens is 232 g/mol. The van der Waals surface area contributed by atoms with Crippen LogP contribution in [0.1, 0.15) is 32.8 Å². The highest BCUT2D eigenvalue weighted by Gasteiger charge is 2.15. The van der Waals surface area contributed by atoms with Crippen LogP contribution >= 0.6 is 12.2 Å². The number of hydrogen-bond donors (Lipinski definition) is 1. The molecule has 0 bridgehead atoms. The van der Waals surface area contributed by atoms with E-state index < -0.39 is 0 Å². The van der Waals surface area contributed by atoms with Crippen molar-refractivity contribution in [1.82, 2.24) is 4.90 Å². The van der Waals surface area contributed by atoms with Gasteiger partial charge in [-0.3, -0.25) is 4.79 Å². The van der Waals surface area contributed by atoms with Gasteiger partial charge in [0, 0.05) is 18.7 Å². The first-order valence-electron chi connectivity index (χ1n) is 6.44. The molecule has 0 radical (unpaired) electrons. The zero-order valence-electron chi connectivity index (χ0n) is 11.0. The third-order valence-electron chi connectivity index (χ3n) is 3.08. The number of rotatable bonds is 8. The van der Waals surface area contributed by atoms with Crippen LogP contribution in [0.3, 0.4) is 0 Å². The molecule has 0 amide bonds. The van der Waals surface area contributed by atoms with E-state index in [-0.39, 0.29) is 5.43 Å². The second-order valence-corrected chi connectivity index (χ2v) is 4.63. The van der Waals surface area contributed by atoms with Gasteiger partial charge < -0.3 is 10.2 Å². The monoisotopic (exact) mass is 254 g/mol. The van der Waals surface area contributed by atoms with Gasteiger partial charge in [-0.15, -0.1) is 0 Å². The molecule has 96 valence electrons. The van der Waals surface area contributed by atoms with Gasteiger partial charge in [0.2, 0.25) is 5.43 Å². The van der Waals surface area contributed by atoms with Crippen molar-refractivity contribution in [3.05, 3.63) is 20.3 Å². The van der Waals surface area contributed by atoms with Gasteiger partial charge in [0.25, 0.3) is 0 Å². The van der Waals surface area contributed by atoms with Crippen LogP contribution in [0.15, 0.2) is 4.79 Å². The molecule has 0 atom stereocenters. The molecule has 0 unspecified atom stereocenters. The van der Waals surface area contributed by atoms with Crippen LogP contribution in [0.25, 0.3) is 0 Å². The minimum atomic E-state index is 0.0235. The molecule has 0 aliphatic heterocycles. The summed E-state index contributed by atoms with van der Waals surface area (Å²) in [5, 5.41) is 3.22. The average molecular weight is 254 g/mol. The third kappa shape index (κ3) is 3.36. The van der Waals surface area contributed by atoms with E-state index in [2.05, 4.69) is 24.1 Å². The summed E-state index contributed by atoms with van der Waals surface area (Å²) in [6.45, 7) is 10.3. The first kappa shape index (κ1) is 14.3. The number of nitrogens with one attached hydrogen (secondary N) is 1. The molecule has 0 saturated carbocycles. The molecule has 1 aromatic rings. The predicted octanol–water partition coefficient (Wildman–Crippen LogP) is 2.36. The van der Waals surface area contributed by atoms with Gasteiger partial charge in [0.15, 0.2) is 0 Å². The van der Waals surface area contributed by atoms with Gasteiger partial charge in [-0.2, -0.15) is 0 Å². The Morgan fingerprint density at radius 1 is 1.24 bits per heavy atom. The topological polar surface area (TPSA) is 32.3 Å². The molecule has 0 fully saturated rings. The summed E-state index contributed by atoms with van der Waals surface area (Å²) in [5.74, 6) is 0. The average Bonchev–Trinajstić information content (AvgIpc) is 2.35. The zero-order valence-corrected chi connectivity index (χ0v) is 11.8. The van der Waals surface area contributed by atoms with E-state index in [1.54, 1.807) is 0 Å². The minimum absolute atomic E-state index is 0.0235. The molecule has 0 saturated heterocycles. The Bertz CT molecular complexity index is 421. The maximum absolute atomic E-state index is 11.5. The van der Waals surface area contributed by atoms with Gasteiger partial charge in [-0.05, 0) is 25.9 Å². The summed E-state index contributed by atoms with van der Waals surface area (Å²) in [6, 6.07) is 0. The van der Waals surface area contributed by atoms with Crippen molar-refractivity contribution >= 4 is 17.9 Å². The molecule has 0 aliphatic rings. The highest BCUT2D eigenvalue weighted by molar-refractivity contribution is 7.71. The van der Waals surface area contributed by atoms with Crippen LogP contribution < -0.4 is 10.7 Å². The zero-order chi connectivity index (χ0) is 12.8. The van der Waals surface area contributed by atoms with E-state index in [1.807, 2.05) is 6.92 Å². The Morgan fingerprint density at radius 3 is 2.47 bits per heavy atom. The molecule has 3 nitrogen and oxygen atoms in total. The van der Waals surface area contributed by atoms with Crippen molar-refractivity contribution in [2.45, 2.75) is 33.6 Å². The third-order valence-corrected chi connectivity index (χ3v) is 3.51. The summed E-state index contributed by atoms with van der Waals surface area (Å²) in [6.07, 6.45) is 2.01. The van der Waals surface area contributed by atoms with Crippen LogP contribution in [0, 0.1) is 4.51 Å². The van der Waals surface area contributed by atoms with E-state index in [0.29, 0.717) is 4.51 Å². The molecule has 0 heterocycles. The van der Waals surface area contributed by atoms with E-state index in [1.165, 1.54) is 6.42 Å². The molecule has 0 aliphatic carbocycles. The quantitative estimate of drug-likeness (QED) is 0.722. The lowest BCUT2D eigenvalue weighted by Gasteiger charge is -2.21. The van der Waals surface area contributed by atoms with Crippen molar-refractivity contribution in [2.75, 3.05) is 31.5 Å². The van der Waals surface area contributed by atoms with Crippen molar-refractivity contribution in [2.24, 2.45) is 0 Å². The molecule has 4 heteroatoms. The molecule has 0 spiro atoms. The van der Waals surface area contributed by atoms with Crippen molar-refractivity contribution in [1.29, 1.82) is 0 Å². The lowest BCUT2D eigenvalue weighted by molar-refractivity contribution is 0.300. The maximum Gasteiger partial charge on any atom is 0.220 e. The fourth-order valence-corrected chi connectivity index (χ4v) is 2.39. The molecule has 1 N–H and O–H groups in total. The molecular formula is C13H22N2OS. The van der Waals surface area contributed by atoms with Gasteiger partial charge in [0.05, 0.1) is 10.2 Å². The highest BCUT2D eigenvalue weighted by Crippen LogP contribution is 2.16. The summed E-state index contributed by atoms with van der Waals surface area (Å²) < 4.78 is 0.524. The fourth-order valence-electron chi connectivity index (χ4n) is 2.05. The van der Waals surface area contributed by atoms with E-state index in [0.717, 1.165) is 43.9 Å². The Labute approximate surface area is 109 Å². The van der Waals surface area contributed by atoms with Gasteiger partial charge in [0.1, 0.15) is 0 Å². The minimum Gasteiger partial charge on any atom is -0.380 e. The Hall–Kier alpha value is -0.740. The Morgan fingerprint density at radius 2 is 1.94 bits per heavy atom. The second-order valence-electron chi connectivity index (χ2n) is 4.23. The van der Waals surface area contributed by atoms with E-state index >= 15 is 0 Å². The number of anilines is 1. The normalized spacial score (nSPS) is 11.3. The SMILES string of the molecule is CCCN(CC)CCNc1c(CC)c(=S)c1=O. The maximum atomic E-state index is 11.5. The van der Waals surface area contributed by atoms with Gasteiger partial charge >= 0.3 is 0 Å². The van der Waals surface area contributed by atoms with Gasteiger partial charge in [-0.1, -0.05) is 33.0 Å². The number of nitrogens with zero attached hydrogens (tertiary/aromatic N) is 1. The van der Waals surface area contributed by atoms with Crippen molar-refractivity contribution in [3.8, 4) is 0 Å². The molecule has 0 aromatic heterocycles. The lowest BCUT2D eigenvalue weighted by Crippen LogP contribution is -2.31. The van der Waals surface area contributed by atoms with Crippen LogP contribution in [0.4, 0.5) is 5.69 Å². The number of hydrogen-bond acceptors (Lipinski definition) is 4. The first-order valence-corrected chi connectivity index (χ1v) is 6.84. The van der Waals surface area contributed by atoms with Crippen molar-refractivity contribution in [3.63, 3.8) is 0 Å².